The molecule has 2 aromatic carbocycles. The van der Waals surface area contributed by atoms with Crippen LogP contribution in [0.2, 0.25) is 0 Å². The maximum atomic E-state index is 12.6. The largest absolute Gasteiger partial charge is 0.507 e. The van der Waals surface area contributed by atoms with Crippen LogP contribution in [-0.4, -0.2) is 35.9 Å². The van der Waals surface area contributed by atoms with Gasteiger partial charge in [0.1, 0.15) is 12.5 Å². The molecule has 2 aromatic rings. The molecule has 1 saturated heterocycles. The lowest BCUT2D eigenvalue weighted by Gasteiger charge is -2.52. The Balaban J connectivity index is 1.88. The topological polar surface area (TPSA) is 59.0 Å². The van der Waals surface area contributed by atoms with Gasteiger partial charge in [0.25, 0.3) is 0 Å². The Morgan fingerprint density at radius 3 is 2.87 bits per heavy atom. The highest BCUT2D eigenvalue weighted by Crippen LogP contribution is 2.52. The van der Waals surface area contributed by atoms with Crippen molar-refractivity contribution < 1.29 is 19.4 Å². The quantitative estimate of drug-likeness (QED) is 0.808. The first-order valence-corrected chi connectivity index (χ1v) is 7.65. The van der Waals surface area contributed by atoms with Crippen LogP contribution >= 0.6 is 0 Å². The van der Waals surface area contributed by atoms with E-state index in [1.165, 1.54) is 0 Å². The van der Waals surface area contributed by atoms with E-state index in [-0.39, 0.29) is 24.9 Å². The zero-order chi connectivity index (χ0) is 15.6. The van der Waals surface area contributed by atoms with Crippen LogP contribution in [0.4, 0.5) is 0 Å². The lowest BCUT2D eigenvalue weighted by atomic mass is 9.74. The number of Topliss-reactive ketones (excluding diaryl/α,β-unsaturated/α-hetero) is 1. The average molecular weight is 309 g/mol. The van der Waals surface area contributed by atoms with Crippen molar-refractivity contribution in [2.45, 2.75) is 12.1 Å². The van der Waals surface area contributed by atoms with Gasteiger partial charge in [0.15, 0.2) is 18.3 Å². The van der Waals surface area contributed by atoms with E-state index in [0.29, 0.717) is 18.7 Å². The summed E-state index contributed by atoms with van der Waals surface area (Å²) in [6.07, 6.45) is 0.595. The van der Waals surface area contributed by atoms with Crippen LogP contribution in [0.1, 0.15) is 21.5 Å². The Morgan fingerprint density at radius 1 is 1.13 bits per heavy atom. The molecule has 0 aromatic heterocycles. The molecule has 3 aliphatic rings. The molecule has 116 valence electrons. The Morgan fingerprint density at radius 2 is 1.96 bits per heavy atom. The van der Waals surface area contributed by atoms with Crippen LogP contribution in [0.3, 0.4) is 0 Å². The number of hydrogen-bond donors (Lipinski definition) is 1. The van der Waals surface area contributed by atoms with Crippen molar-refractivity contribution in [2.75, 3.05) is 20.1 Å². The Bertz CT molecular complexity index is 847. The molecule has 2 heterocycles. The molecule has 0 saturated carbocycles. The number of carbonyl (C=O) groups is 1. The van der Waals surface area contributed by atoms with Gasteiger partial charge in [-0.15, -0.1) is 0 Å². The van der Waals surface area contributed by atoms with E-state index in [2.05, 4.69) is 0 Å². The third-order valence-electron chi connectivity index (χ3n) is 5.06. The van der Waals surface area contributed by atoms with Gasteiger partial charge in [-0.2, -0.15) is 0 Å². The summed E-state index contributed by atoms with van der Waals surface area (Å²) >= 11 is 0. The van der Waals surface area contributed by atoms with Gasteiger partial charge in [0, 0.05) is 23.1 Å². The molecule has 1 aliphatic carbocycles. The number of phenolic OH excluding ortho intramolecular Hbond substituents is 1. The molecule has 1 N–H and O–H groups in total. The Labute approximate surface area is 133 Å². The number of aromatic hydroxyl groups is 1. The number of phenols is 1. The highest BCUT2D eigenvalue weighted by Gasteiger charge is 2.52. The summed E-state index contributed by atoms with van der Waals surface area (Å²) in [4.78, 5) is 14.5. The Hall–Kier alpha value is -2.21. The van der Waals surface area contributed by atoms with Gasteiger partial charge in [-0.3, -0.25) is 4.79 Å². The van der Waals surface area contributed by atoms with E-state index in [1.807, 2.05) is 35.2 Å². The van der Waals surface area contributed by atoms with Crippen molar-refractivity contribution in [2.24, 2.45) is 0 Å². The van der Waals surface area contributed by atoms with Crippen LogP contribution in [-0.2, 0) is 21.6 Å². The maximum absolute atomic E-state index is 12.6. The second-order valence-electron chi connectivity index (χ2n) is 6.22. The molecule has 0 bridgehead atoms. The third-order valence-corrected chi connectivity index (χ3v) is 5.06. The smallest absolute Gasteiger partial charge is 0.177 e. The zero-order valence-electron chi connectivity index (χ0n) is 12.4. The van der Waals surface area contributed by atoms with Crippen LogP contribution in [0, 0.1) is 0 Å². The van der Waals surface area contributed by atoms with E-state index in [4.69, 9.17) is 9.47 Å². The number of fused-ring (bicyclic) bond motifs is 2. The lowest BCUT2D eigenvalue weighted by Crippen LogP contribution is -2.60. The van der Waals surface area contributed by atoms with Crippen molar-refractivity contribution in [3.8, 4) is 16.9 Å². The molecule has 1 spiro atoms. The minimum absolute atomic E-state index is 0.0606. The van der Waals surface area contributed by atoms with Crippen molar-refractivity contribution in [3.63, 3.8) is 0 Å². The average Bonchev–Trinajstić information content (AvgIpc) is 2.56. The molecule has 0 amide bonds. The summed E-state index contributed by atoms with van der Waals surface area (Å²) in [5.41, 5.74) is 3.58. The molecule has 5 heteroatoms. The normalized spacial score (nSPS) is 25.5. The monoisotopic (exact) mass is 309 g/mol. The summed E-state index contributed by atoms with van der Waals surface area (Å²) < 4.78 is 11.5. The van der Waals surface area contributed by atoms with Crippen molar-refractivity contribution >= 4 is 5.78 Å². The minimum Gasteiger partial charge on any atom is -0.507 e. The number of ketones is 1. The molecule has 0 radical (unpaired) electrons. The number of hydrogen-bond acceptors (Lipinski definition) is 5. The summed E-state index contributed by atoms with van der Waals surface area (Å²) in [5.74, 6) is 0.299. The van der Waals surface area contributed by atoms with Gasteiger partial charge in [0.05, 0.1) is 6.54 Å². The van der Waals surface area contributed by atoms with E-state index in [1.54, 1.807) is 6.07 Å². The molecule has 1 fully saturated rings. The highest BCUT2D eigenvalue weighted by atomic mass is 16.7. The molecular weight excluding hydrogens is 294 g/mol. The molecule has 5 rings (SSSR count). The lowest BCUT2D eigenvalue weighted by molar-refractivity contribution is -0.295. The van der Waals surface area contributed by atoms with Gasteiger partial charge in [-0.05, 0) is 17.2 Å². The first kappa shape index (κ1) is 13.2. The van der Waals surface area contributed by atoms with Crippen LogP contribution in [0.5, 0.6) is 5.75 Å². The predicted octanol–water partition coefficient (Wildman–Crippen LogP) is 2.23. The zero-order valence-corrected chi connectivity index (χ0v) is 12.4. The van der Waals surface area contributed by atoms with E-state index in [0.717, 1.165) is 22.3 Å². The summed E-state index contributed by atoms with van der Waals surface area (Å²) in [7, 11) is 0. The predicted molar refractivity (Wildman–Crippen MR) is 81.9 cm³/mol. The maximum Gasteiger partial charge on any atom is 0.177 e. The number of nitrogens with zero attached hydrogens (tertiary/aromatic N) is 1. The van der Waals surface area contributed by atoms with Gasteiger partial charge in [0.2, 0.25) is 0 Å². The van der Waals surface area contributed by atoms with E-state index in [9.17, 15) is 9.90 Å². The number of carbonyl (C=O) groups excluding carboxylic acids is 1. The first-order chi connectivity index (χ1) is 11.2. The SMILES string of the molecule is O=C1CN2COCOC23Cc2cccc(O)c2-c2cccc1c23. The molecule has 1 atom stereocenters. The van der Waals surface area contributed by atoms with Gasteiger partial charge >= 0.3 is 0 Å². The van der Waals surface area contributed by atoms with Crippen molar-refractivity contribution in [1.29, 1.82) is 0 Å². The molecular formula is C18H15NO4. The van der Waals surface area contributed by atoms with Crippen molar-refractivity contribution in [3.05, 3.63) is 53.1 Å². The molecule has 5 nitrogen and oxygen atoms in total. The van der Waals surface area contributed by atoms with Crippen LogP contribution in [0.15, 0.2) is 36.4 Å². The standard InChI is InChI=1S/C18H15NO4/c20-14-6-1-3-11-7-18-17-12(4-2-5-13(17)16(11)14)15(21)8-19(18)9-22-10-23-18/h1-6,20H,7-10H2. The second-order valence-corrected chi connectivity index (χ2v) is 6.22. The second kappa shape index (κ2) is 4.41. The number of benzene rings is 2. The van der Waals surface area contributed by atoms with Crippen LogP contribution in [0.25, 0.3) is 11.1 Å². The first-order valence-electron chi connectivity index (χ1n) is 7.65. The molecule has 23 heavy (non-hydrogen) atoms. The molecule has 1 unspecified atom stereocenters. The van der Waals surface area contributed by atoms with E-state index >= 15 is 0 Å². The fourth-order valence-electron chi connectivity index (χ4n) is 4.11. The fourth-order valence-corrected chi connectivity index (χ4v) is 4.11. The summed E-state index contributed by atoms with van der Waals surface area (Å²) in [5, 5.41) is 10.4. The number of rotatable bonds is 0. The summed E-state index contributed by atoms with van der Waals surface area (Å²) in [6.45, 7) is 0.852. The fraction of sp³-hybridized carbons (Fsp3) is 0.278. The van der Waals surface area contributed by atoms with E-state index < -0.39 is 5.72 Å². The van der Waals surface area contributed by atoms with Gasteiger partial charge in [-0.25, -0.2) is 4.90 Å². The third kappa shape index (κ3) is 1.59. The minimum atomic E-state index is -0.682. The Kier molecular flexibility index (Phi) is 2.54. The molecule has 2 aliphatic heterocycles. The van der Waals surface area contributed by atoms with Crippen LogP contribution < -0.4 is 0 Å². The van der Waals surface area contributed by atoms with Gasteiger partial charge in [-0.1, -0.05) is 30.3 Å². The number of ether oxygens (including phenoxy) is 2. The highest BCUT2D eigenvalue weighted by molar-refractivity contribution is 6.03. The van der Waals surface area contributed by atoms with Gasteiger partial charge < -0.3 is 14.6 Å². The van der Waals surface area contributed by atoms with Crippen molar-refractivity contribution in [1.82, 2.24) is 4.90 Å². The summed E-state index contributed by atoms with van der Waals surface area (Å²) in [6, 6.07) is 11.2.